The van der Waals surface area contributed by atoms with Crippen molar-refractivity contribution in [1.82, 2.24) is 14.8 Å². The average Bonchev–Trinajstić information content (AvgIpc) is 3.05. The predicted molar refractivity (Wildman–Crippen MR) is 115 cm³/mol. The first-order chi connectivity index (χ1) is 13.8. The molecule has 0 aliphatic carbocycles. The first-order valence-electron chi connectivity index (χ1n) is 8.52. The van der Waals surface area contributed by atoms with Crippen molar-refractivity contribution in [3.8, 4) is 5.75 Å². The van der Waals surface area contributed by atoms with Crippen molar-refractivity contribution in [2.45, 2.75) is 18.2 Å². The maximum Gasteiger partial charge on any atom is 0.234 e. The number of carbonyl (C=O) groups excluding carboxylic acids is 1. The minimum Gasteiger partial charge on any atom is -0.483 e. The number of hydrogen-bond donors (Lipinski definition) is 1. The Kier molecular flexibility index (Phi) is 7.15. The van der Waals surface area contributed by atoms with Gasteiger partial charge in [0.25, 0.3) is 0 Å². The number of ether oxygens (including phenoxy) is 1. The van der Waals surface area contributed by atoms with E-state index in [2.05, 4.69) is 31.4 Å². The monoisotopic (exact) mass is 498 g/mol. The summed E-state index contributed by atoms with van der Waals surface area (Å²) in [5.41, 5.74) is 0.428. The van der Waals surface area contributed by atoms with E-state index < -0.39 is 5.82 Å². The SMILES string of the molecule is CC(Oc1ccc(Br)cc1)c1nnc(SCC(=O)Nc2ccc(F)c(Cl)c2)n1C. The van der Waals surface area contributed by atoms with Gasteiger partial charge in [0.05, 0.1) is 10.8 Å². The smallest absolute Gasteiger partial charge is 0.234 e. The first-order valence-corrected chi connectivity index (χ1v) is 10.7. The molecule has 0 saturated heterocycles. The third-order valence-corrected chi connectivity index (χ3v) is 5.73. The molecule has 0 fully saturated rings. The summed E-state index contributed by atoms with van der Waals surface area (Å²) in [5, 5.41) is 11.5. The summed E-state index contributed by atoms with van der Waals surface area (Å²) in [4.78, 5) is 12.1. The van der Waals surface area contributed by atoms with E-state index in [-0.39, 0.29) is 22.8 Å². The van der Waals surface area contributed by atoms with Gasteiger partial charge < -0.3 is 14.6 Å². The number of hydrogen-bond acceptors (Lipinski definition) is 5. The van der Waals surface area contributed by atoms with Crippen LogP contribution in [0.2, 0.25) is 5.02 Å². The van der Waals surface area contributed by atoms with Crippen molar-refractivity contribution >= 4 is 50.9 Å². The van der Waals surface area contributed by atoms with Gasteiger partial charge in [-0.15, -0.1) is 10.2 Å². The Morgan fingerprint density at radius 1 is 1.31 bits per heavy atom. The maximum absolute atomic E-state index is 13.2. The number of aromatic nitrogens is 3. The fraction of sp³-hybridized carbons (Fsp3) is 0.211. The molecule has 0 saturated carbocycles. The molecule has 0 aliphatic heterocycles. The highest BCUT2D eigenvalue weighted by molar-refractivity contribution is 9.10. The molecule has 6 nitrogen and oxygen atoms in total. The Morgan fingerprint density at radius 2 is 2.03 bits per heavy atom. The molecule has 2 aromatic carbocycles. The molecule has 3 rings (SSSR count). The largest absolute Gasteiger partial charge is 0.483 e. The Balaban J connectivity index is 1.57. The Bertz CT molecular complexity index is 1020. The lowest BCUT2D eigenvalue weighted by atomic mass is 10.3. The third kappa shape index (κ3) is 5.71. The summed E-state index contributed by atoms with van der Waals surface area (Å²) in [5.74, 6) is 0.672. The third-order valence-electron chi connectivity index (χ3n) is 3.89. The van der Waals surface area contributed by atoms with E-state index in [0.717, 1.165) is 10.2 Å². The van der Waals surface area contributed by atoms with E-state index in [4.69, 9.17) is 16.3 Å². The Morgan fingerprint density at radius 3 is 2.72 bits per heavy atom. The van der Waals surface area contributed by atoms with Crippen molar-refractivity contribution in [3.05, 3.63) is 63.6 Å². The van der Waals surface area contributed by atoms with E-state index in [1.807, 2.05) is 38.2 Å². The molecule has 152 valence electrons. The van der Waals surface area contributed by atoms with Crippen LogP contribution in [0.15, 0.2) is 52.1 Å². The van der Waals surface area contributed by atoms with Gasteiger partial charge in [0.1, 0.15) is 11.6 Å². The highest BCUT2D eigenvalue weighted by atomic mass is 79.9. The van der Waals surface area contributed by atoms with Gasteiger partial charge in [0, 0.05) is 17.2 Å². The van der Waals surface area contributed by atoms with Crippen LogP contribution in [0.1, 0.15) is 18.9 Å². The summed E-state index contributed by atoms with van der Waals surface area (Å²) in [6.45, 7) is 1.88. The molecule has 0 spiro atoms. The molecular weight excluding hydrogens is 483 g/mol. The van der Waals surface area contributed by atoms with Crippen molar-refractivity contribution < 1.29 is 13.9 Å². The summed E-state index contributed by atoms with van der Waals surface area (Å²) in [6.07, 6.45) is -0.321. The first kappa shape index (κ1) is 21.6. The number of nitrogens with one attached hydrogen (secondary N) is 1. The van der Waals surface area contributed by atoms with Crippen LogP contribution in [0, 0.1) is 5.82 Å². The number of rotatable bonds is 7. The van der Waals surface area contributed by atoms with Gasteiger partial charge in [-0.3, -0.25) is 4.79 Å². The van der Waals surface area contributed by atoms with Gasteiger partial charge in [0.15, 0.2) is 17.1 Å². The van der Waals surface area contributed by atoms with Crippen LogP contribution in [-0.2, 0) is 11.8 Å². The highest BCUT2D eigenvalue weighted by Crippen LogP contribution is 2.25. The summed E-state index contributed by atoms with van der Waals surface area (Å²) >= 11 is 10.3. The van der Waals surface area contributed by atoms with Crippen LogP contribution in [0.3, 0.4) is 0 Å². The maximum atomic E-state index is 13.2. The molecule has 1 atom stereocenters. The molecule has 0 aliphatic rings. The second-order valence-electron chi connectivity index (χ2n) is 6.08. The number of anilines is 1. The second-order valence-corrected chi connectivity index (χ2v) is 8.34. The zero-order valence-electron chi connectivity index (χ0n) is 15.5. The number of amides is 1. The van der Waals surface area contributed by atoms with Crippen LogP contribution in [0.5, 0.6) is 5.75 Å². The summed E-state index contributed by atoms with van der Waals surface area (Å²) in [7, 11) is 1.82. The molecule has 1 unspecified atom stereocenters. The van der Waals surface area contributed by atoms with Gasteiger partial charge in [-0.05, 0) is 49.4 Å². The van der Waals surface area contributed by atoms with Crippen molar-refractivity contribution in [2.75, 3.05) is 11.1 Å². The van der Waals surface area contributed by atoms with E-state index in [1.165, 1.54) is 30.0 Å². The molecule has 29 heavy (non-hydrogen) atoms. The fourth-order valence-corrected chi connectivity index (χ4v) is 3.64. The molecule has 1 aromatic heterocycles. The normalized spacial score (nSPS) is 11.9. The van der Waals surface area contributed by atoms with Crippen molar-refractivity contribution in [1.29, 1.82) is 0 Å². The summed E-state index contributed by atoms with van der Waals surface area (Å²) in [6, 6.07) is 11.5. The van der Waals surface area contributed by atoms with E-state index in [1.54, 1.807) is 4.57 Å². The van der Waals surface area contributed by atoms with E-state index >= 15 is 0 Å². The Labute approximate surface area is 184 Å². The van der Waals surface area contributed by atoms with Crippen molar-refractivity contribution in [2.24, 2.45) is 7.05 Å². The zero-order chi connectivity index (χ0) is 21.0. The second kappa shape index (κ2) is 9.60. The predicted octanol–water partition coefficient (Wildman–Crippen LogP) is 5.24. The highest BCUT2D eigenvalue weighted by Gasteiger charge is 2.18. The lowest BCUT2D eigenvalue weighted by Crippen LogP contribution is -2.15. The van der Waals surface area contributed by atoms with Gasteiger partial charge in [-0.25, -0.2) is 4.39 Å². The molecule has 1 N–H and O–H groups in total. The molecule has 0 radical (unpaired) electrons. The number of halogens is 3. The van der Waals surface area contributed by atoms with E-state index in [0.29, 0.717) is 16.7 Å². The lowest BCUT2D eigenvalue weighted by molar-refractivity contribution is -0.113. The molecule has 0 bridgehead atoms. The zero-order valence-corrected chi connectivity index (χ0v) is 18.7. The van der Waals surface area contributed by atoms with E-state index in [9.17, 15) is 9.18 Å². The molecule has 1 amide bonds. The minimum atomic E-state index is -0.537. The van der Waals surface area contributed by atoms with Crippen LogP contribution in [-0.4, -0.2) is 26.4 Å². The van der Waals surface area contributed by atoms with Crippen LogP contribution < -0.4 is 10.1 Å². The van der Waals surface area contributed by atoms with Gasteiger partial charge in [0.2, 0.25) is 5.91 Å². The quantitative estimate of drug-likeness (QED) is 0.450. The molecule has 10 heteroatoms. The molecule has 1 heterocycles. The fourth-order valence-electron chi connectivity index (χ4n) is 2.48. The number of nitrogens with zero attached hydrogens (tertiary/aromatic N) is 3. The van der Waals surface area contributed by atoms with Crippen LogP contribution >= 0.6 is 39.3 Å². The average molecular weight is 500 g/mol. The van der Waals surface area contributed by atoms with Gasteiger partial charge in [-0.2, -0.15) is 0 Å². The van der Waals surface area contributed by atoms with Gasteiger partial charge in [-0.1, -0.05) is 39.3 Å². The number of benzene rings is 2. The minimum absolute atomic E-state index is 0.0480. The Hall–Kier alpha value is -2.10. The number of carbonyl (C=O) groups is 1. The van der Waals surface area contributed by atoms with Crippen molar-refractivity contribution in [3.63, 3.8) is 0 Å². The van der Waals surface area contributed by atoms with Crippen LogP contribution in [0.4, 0.5) is 10.1 Å². The standard InChI is InChI=1S/C19H17BrClFN4O2S/c1-11(28-14-6-3-12(20)4-7-14)18-24-25-19(26(18)2)29-10-17(27)23-13-5-8-16(22)15(21)9-13/h3-9,11H,10H2,1-2H3,(H,23,27). The van der Waals surface area contributed by atoms with Crippen LogP contribution in [0.25, 0.3) is 0 Å². The summed E-state index contributed by atoms with van der Waals surface area (Å²) < 4.78 is 21.8. The lowest BCUT2D eigenvalue weighted by Gasteiger charge is -2.14. The topological polar surface area (TPSA) is 69.0 Å². The van der Waals surface area contributed by atoms with Gasteiger partial charge >= 0.3 is 0 Å². The number of thioether (sulfide) groups is 1. The molecule has 3 aromatic rings. The molecular formula is C19H17BrClFN4O2S.